The molecule has 1 saturated heterocycles. The van der Waals surface area contributed by atoms with Gasteiger partial charge in [-0.3, -0.25) is 4.79 Å². The summed E-state index contributed by atoms with van der Waals surface area (Å²) in [6.45, 7) is 2.21. The third-order valence-corrected chi connectivity index (χ3v) is 5.96. The third kappa shape index (κ3) is 3.83. The Hall–Kier alpha value is -2.52. The molecule has 1 aromatic carbocycles. The fourth-order valence-corrected chi connectivity index (χ4v) is 4.15. The van der Waals surface area contributed by atoms with Gasteiger partial charge >= 0.3 is 5.97 Å². The van der Waals surface area contributed by atoms with Gasteiger partial charge in [-0.1, -0.05) is 5.16 Å². The number of carbonyl (C=O) groups excluding carboxylic acids is 2. The number of nitrogens with zero attached hydrogens (tertiary/aromatic N) is 2. The van der Waals surface area contributed by atoms with E-state index in [0.29, 0.717) is 18.8 Å². The van der Waals surface area contributed by atoms with Crippen molar-refractivity contribution in [2.75, 3.05) is 19.7 Å². The summed E-state index contributed by atoms with van der Waals surface area (Å²) in [4.78, 5) is 24.0. The highest BCUT2D eigenvalue weighted by Crippen LogP contribution is 2.21. The normalized spacial score (nSPS) is 15.1. The van der Waals surface area contributed by atoms with Crippen LogP contribution in [0.25, 0.3) is 0 Å². The zero-order valence-corrected chi connectivity index (χ0v) is 15.0. The zero-order chi connectivity index (χ0) is 18.7. The molecule has 26 heavy (non-hydrogen) atoms. The van der Waals surface area contributed by atoms with Crippen molar-refractivity contribution >= 4 is 21.8 Å². The fraction of sp³-hybridized carbons (Fsp3) is 0.353. The lowest BCUT2D eigenvalue weighted by Crippen LogP contribution is -2.27. The van der Waals surface area contributed by atoms with E-state index in [9.17, 15) is 18.0 Å². The van der Waals surface area contributed by atoms with Gasteiger partial charge < -0.3 is 9.26 Å². The van der Waals surface area contributed by atoms with Crippen LogP contribution < -0.4 is 0 Å². The van der Waals surface area contributed by atoms with Gasteiger partial charge in [-0.05, 0) is 44.0 Å². The number of aryl methyl sites for hydroxylation is 1. The number of esters is 1. The van der Waals surface area contributed by atoms with E-state index >= 15 is 0 Å². The van der Waals surface area contributed by atoms with Gasteiger partial charge in [0.25, 0.3) is 0 Å². The van der Waals surface area contributed by atoms with Crippen molar-refractivity contribution in [3.63, 3.8) is 0 Å². The van der Waals surface area contributed by atoms with Gasteiger partial charge in [0.2, 0.25) is 15.8 Å². The molecule has 0 aliphatic carbocycles. The predicted octanol–water partition coefficient (Wildman–Crippen LogP) is 1.81. The SMILES string of the molecule is Cc1cc(C(=O)OCC(=O)c2ccc(S(=O)(=O)N3CCCC3)cc2)on1. The van der Waals surface area contributed by atoms with E-state index in [-0.39, 0.29) is 16.2 Å². The molecule has 8 nitrogen and oxygen atoms in total. The van der Waals surface area contributed by atoms with Crippen LogP contribution >= 0.6 is 0 Å². The van der Waals surface area contributed by atoms with Crippen molar-refractivity contribution in [3.05, 3.63) is 47.3 Å². The van der Waals surface area contributed by atoms with E-state index in [2.05, 4.69) is 5.16 Å². The number of aromatic nitrogens is 1. The lowest BCUT2D eigenvalue weighted by Gasteiger charge is -2.15. The molecule has 2 heterocycles. The number of ketones is 1. The van der Waals surface area contributed by atoms with E-state index < -0.39 is 28.4 Å². The van der Waals surface area contributed by atoms with E-state index in [4.69, 9.17) is 9.26 Å². The number of hydrogen-bond donors (Lipinski definition) is 0. The molecule has 0 bridgehead atoms. The molecule has 1 aliphatic rings. The summed E-state index contributed by atoms with van der Waals surface area (Å²) in [5, 5.41) is 3.57. The van der Waals surface area contributed by atoms with Gasteiger partial charge in [-0.25, -0.2) is 13.2 Å². The molecule has 9 heteroatoms. The number of hydrogen-bond acceptors (Lipinski definition) is 7. The maximum Gasteiger partial charge on any atom is 0.377 e. The van der Waals surface area contributed by atoms with Crippen LogP contribution in [0.1, 0.15) is 39.4 Å². The van der Waals surface area contributed by atoms with Crippen LogP contribution in [0, 0.1) is 6.92 Å². The second-order valence-corrected chi connectivity index (χ2v) is 7.91. The number of rotatable bonds is 6. The van der Waals surface area contributed by atoms with E-state index in [1.165, 1.54) is 34.6 Å². The molecule has 0 amide bonds. The van der Waals surface area contributed by atoms with E-state index in [0.717, 1.165) is 12.8 Å². The lowest BCUT2D eigenvalue weighted by atomic mass is 10.1. The Morgan fingerprint density at radius 1 is 1.19 bits per heavy atom. The molecular weight excluding hydrogens is 360 g/mol. The van der Waals surface area contributed by atoms with Crippen molar-refractivity contribution in [2.24, 2.45) is 0 Å². The van der Waals surface area contributed by atoms with E-state index in [1.54, 1.807) is 6.92 Å². The zero-order valence-electron chi connectivity index (χ0n) is 14.2. The fourth-order valence-electron chi connectivity index (χ4n) is 2.64. The Morgan fingerprint density at radius 3 is 2.42 bits per heavy atom. The number of benzene rings is 1. The molecule has 1 fully saturated rings. The summed E-state index contributed by atoms with van der Waals surface area (Å²) in [7, 11) is -3.52. The first-order valence-corrected chi connectivity index (χ1v) is 9.56. The number of carbonyl (C=O) groups is 2. The van der Waals surface area contributed by atoms with Crippen LogP contribution in [0.4, 0.5) is 0 Å². The van der Waals surface area contributed by atoms with Crippen LogP contribution in [0.3, 0.4) is 0 Å². The van der Waals surface area contributed by atoms with Crippen molar-refractivity contribution in [3.8, 4) is 0 Å². The molecule has 0 radical (unpaired) electrons. The molecule has 1 aliphatic heterocycles. The summed E-state index contributed by atoms with van der Waals surface area (Å²) in [5.74, 6) is -1.31. The minimum absolute atomic E-state index is 0.0812. The van der Waals surface area contributed by atoms with Gasteiger partial charge in [-0.15, -0.1) is 0 Å². The molecule has 2 aromatic rings. The van der Waals surface area contributed by atoms with Crippen LogP contribution in [0.5, 0.6) is 0 Å². The van der Waals surface area contributed by atoms with Gasteiger partial charge in [0.15, 0.2) is 12.4 Å². The minimum Gasteiger partial charge on any atom is -0.451 e. The largest absolute Gasteiger partial charge is 0.451 e. The van der Waals surface area contributed by atoms with Gasteiger partial charge in [-0.2, -0.15) is 4.31 Å². The average molecular weight is 378 g/mol. The molecule has 1 aromatic heterocycles. The van der Waals surface area contributed by atoms with Crippen LogP contribution in [0.2, 0.25) is 0 Å². The van der Waals surface area contributed by atoms with Gasteiger partial charge in [0.1, 0.15) is 0 Å². The van der Waals surface area contributed by atoms with Crippen molar-refractivity contribution in [2.45, 2.75) is 24.7 Å². The molecular formula is C17H18N2O6S. The first-order valence-electron chi connectivity index (χ1n) is 8.12. The Kier molecular flexibility index (Phi) is 5.19. The van der Waals surface area contributed by atoms with Crippen LogP contribution in [-0.2, 0) is 14.8 Å². The van der Waals surface area contributed by atoms with Crippen molar-refractivity contribution < 1.29 is 27.3 Å². The standard InChI is InChI=1S/C17H18N2O6S/c1-12-10-16(25-18-12)17(21)24-11-15(20)13-4-6-14(7-5-13)26(22,23)19-8-2-3-9-19/h4-7,10H,2-3,8-9,11H2,1H3. The predicted molar refractivity (Wildman–Crippen MR) is 90.3 cm³/mol. The van der Waals surface area contributed by atoms with Gasteiger partial charge in [0.05, 0.1) is 10.6 Å². The quantitative estimate of drug-likeness (QED) is 0.557. The van der Waals surface area contributed by atoms with Crippen LogP contribution in [0.15, 0.2) is 39.8 Å². The average Bonchev–Trinajstić information content (AvgIpc) is 3.31. The van der Waals surface area contributed by atoms with Gasteiger partial charge in [0, 0.05) is 24.7 Å². The summed E-state index contributed by atoms with van der Waals surface area (Å²) < 4.78 is 36.0. The molecule has 0 unspecified atom stereocenters. The highest BCUT2D eigenvalue weighted by Gasteiger charge is 2.27. The van der Waals surface area contributed by atoms with Crippen molar-refractivity contribution in [1.29, 1.82) is 0 Å². The molecule has 0 saturated carbocycles. The monoisotopic (exact) mass is 378 g/mol. The third-order valence-electron chi connectivity index (χ3n) is 4.04. The summed E-state index contributed by atoms with van der Waals surface area (Å²) >= 11 is 0. The Labute approximate surface area is 150 Å². The smallest absolute Gasteiger partial charge is 0.377 e. The first kappa shape index (κ1) is 18.3. The first-order chi connectivity index (χ1) is 12.4. The maximum atomic E-state index is 12.4. The summed E-state index contributed by atoms with van der Waals surface area (Å²) in [6.07, 6.45) is 1.71. The molecule has 0 spiro atoms. The number of sulfonamides is 1. The Balaban J connectivity index is 1.62. The molecule has 0 atom stereocenters. The second-order valence-electron chi connectivity index (χ2n) is 5.97. The maximum absolute atomic E-state index is 12.4. The van der Waals surface area contributed by atoms with E-state index in [1.807, 2.05) is 0 Å². The number of ether oxygens (including phenoxy) is 1. The van der Waals surface area contributed by atoms with Crippen molar-refractivity contribution in [1.82, 2.24) is 9.46 Å². The summed E-state index contributed by atoms with van der Waals surface area (Å²) in [6, 6.07) is 7.02. The second kappa shape index (κ2) is 7.38. The lowest BCUT2D eigenvalue weighted by molar-refractivity contribution is 0.0435. The highest BCUT2D eigenvalue weighted by molar-refractivity contribution is 7.89. The Bertz CT molecular complexity index is 911. The Morgan fingerprint density at radius 2 is 1.85 bits per heavy atom. The molecule has 0 N–H and O–H groups in total. The topological polar surface area (TPSA) is 107 Å². The van der Waals surface area contributed by atoms with Crippen LogP contribution in [-0.4, -0.2) is 49.3 Å². The molecule has 3 rings (SSSR count). The summed E-state index contributed by atoms with van der Waals surface area (Å²) in [5.41, 5.74) is 0.782. The number of Topliss-reactive ketones (excluding diaryl/α,β-unsaturated/α-hetero) is 1. The highest BCUT2D eigenvalue weighted by atomic mass is 32.2. The minimum atomic E-state index is -3.52. The molecule has 138 valence electrons.